The zero-order chi connectivity index (χ0) is 16.2. The van der Waals surface area contributed by atoms with Gasteiger partial charge in [-0.15, -0.1) is 0 Å². The number of methoxy groups -OCH3 is 1. The molecule has 1 N–H and O–H groups in total. The number of nitrogens with zero attached hydrogens (tertiary/aromatic N) is 3. The van der Waals surface area contributed by atoms with Crippen LogP contribution < -0.4 is 5.32 Å². The molecular weight excluding hydrogens is 312 g/mol. The summed E-state index contributed by atoms with van der Waals surface area (Å²) in [7, 11) is 1.69. The van der Waals surface area contributed by atoms with Crippen molar-refractivity contribution in [3.8, 4) is 0 Å². The summed E-state index contributed by atoms with van der Waals surface area (Å²) >= 11 is 1.53. The highest BCUT2D eigenvalue weighted by Crippen LogP contribution is 2.27. The Morgan fingerprint density at radius 2 is 2.13 bits per heavy atom. The topological polar surface area (TPSA) is 69.2 Å². The lowest BCUT2D eigenvalue weighted by molar-refractivity contribution is 0.0903. The highest BCUT2D eigenvalue weighted by atomic mass is 32.2. The molecule has 2 aromatic rings. The van der Waals surface area contributed by atoms with Gasteiger partial charge in [-0.3, -0.25) is 0 Å². The van der Waals surface area contributed by atoms with Gasteiger partial charge in [0.05, 0.1) is 11.8 Å². The Bertz CT molecular complexity index is 676. The van der Waals surface area contributed by atoms with Crippen LogP contribution in [-0.4, -0.2) is 47.6 Å². The summed E-state index contributed by atoms with van der Waals surface area (Å²) in [5.41, 5.74) is 1.75. The van der Waals surface area contributed by atoms with Crippen LogP contribution in [0.15, 0.2) is 17.4 Å². The fraction of sp³-hybridized carbons (Fsp3) is 0.562. The molecule has 3 rings (SSSR count). The van der Waals surface area contributed by atoms with Crippen molar-refractivity contribution < 1.29 is 9.47 Å². The Kier molecular flexibility index (Phi) is 5.30. The normalized spacial score (nSPS) is 17.3. The maximum absolute atomic E-state index is 5.43. The number of hydrogen-bond acceptors (Lipinski definition) is 7. The average molecular weight is 334 g/mol. The molecule has 0 bridgehead atoms. The summed E-state index contributed by atoms with van der Waals surface area (Å²) in [5.74, 6) is 0.811. The third-order valence-electron chi connectivity index (χ3n) is 4.08. The molecule has 1 atom stereocenters. The zero-order valence-electron chi connectivity index (χ0n) is 13.7. The number of anilines is 1. The SMILES string of the molecule is CO[C@H](C)c1cc2cnc(SC)nc2c(NC2CCOCC2)n1. The summed E-state index contributed by atoms with van der Waals surface area (Å²) in [5, 5.41) is 5.28. The molecule has 0 spiro atoms. The number of nitrogens with one attached hydrogen (secondary N) is 1. The minimum absolute atomic E-state index is 0.0742. The van der Waals surface area contributed by atoms with E-state index in [0.717, 1.165) is 53.6 Å². The van der Waals surface area contributed by atoms with E-state index in [1.807, 2.05) is 25.4 Å². The number of pyridine rings is 1. The number of thioether (sulfide) groups is 1. The molecule has 0 saturated carbocycles. The lowest BCUT2D eigenvalue weighted by atomic mass is 10.1. The maximum Gasteiger partial charge on any atom is 0.187 e. The van der Waals surface area contributed by atoms with Crippen molar-refractivity contribution >= 4 is 28.5 Å². The zero-order valence-corrected chi connectivity index (χ0v) is 14.5. The Hall–Kier alpha value is -1.44. The van der Waals surface area contributed by atoms with E-state index >= 15 is 0 Å². The van der Waals surface area contributed by atoms with E-state index < -0.39 is 0 Å². The van der Waals surface area contributed by atoms with Crippen LogP contribution in [0.4, 0.5) is 5.82 Å². The van der Waals surface area contributed by atoms with Gasteiger partial charge in [-0.1, -0.05) is 11.8 Å². The molecule has 0 unspecified atom stereocenters. The summed E-state index contributed by atoms with van der Waals surface area (Å²) < 4.78 is 10.9. The summed E-state index contributed by atoms with van der Waals surface area (Å²) in [6, 6.07) is 2.36. The second-order valence-electron chi connectivity index (χ2n) is 5.60. The van der Waals surface area contributed by atoms with Crippen molar-refractivity contribution in [1.82, 2.24) is 15.0 Å². The number of ether oxygens (including phenoxy) is 2. The molecule has 1 aliphatic heterocycles. The van der Waals surface area contributed by atoms with E-state index in [4.69, 9.17) is 14.5 Å². The molecule has 23 heavy (non-hydrogen) atoms. The van der Waals surface area contributed by atoms with Crippen molar-refractivity contribution in [2.45, 2.75) is 37.1 Å². The summed E-state index contributed by atoms with van der Waals surface area (Å²) in [6.07, 6.45) is 5.72. The van der Waals surface area contributed by atoms with E-state index in [-0.39, 0.29) is 6.10 Å². The molecule has 3 heterocycles. The molecule has 0 radical (unpaired) electrons. The predicted octanol–water partition coefficient (Wildman–Crippen LogP) is 3.05. The smallest absolute Gasteiger partial charge is 0.187 e. The molecule has 0 aliphatic carbocycles. The average Bonchev–Trinajstić information content (AvgIpc) is 2.61. The first-order valence-corrected chi connectivity index (χ1v) is 9.02. The maximum atomic E-state index is 5.43. The van der Waals surface area contributed by atoms with Crippen molar-refractivity contribution in [3.05, 3.63) is 18.0 Å². The van der Waals surface area contributed by atoms with Gasteiger partial charge in [0.15, 0.2) is 11.0 Å². The van der Waals surface area contributed by atoms with E-state index in [2.05, 4.69) is 15.3 Å². The second-order valence-corrected chi connectivity index (χ2v) is 6.37. The van der Waals surface area contributed by atoms with Crippen LogP contribution in [0.1, 0.15) is 31.6 Å². The quantitative estimate of drug-likeness (QED) is 0.665. The van der Waals surface area contributed by atoms with Gasteiger partial charge < -0.3 is 14.8 Å². The van der Waals surface area contributed by atoms with Crippen molar-refractivity contribution in [1.29, 1.82) is 0 Å². The van der Waals surface area contributed by atoms with E-state index in [9.17, 15) is 0 Å². The minimum Gasteiger partial charge on any atom is -0.381 e. The van der Waals surface area contributed by atoms with E-state index in [0.29, 0.717) is 6.04 Å². The Morgan fingerprint density at radius 3 is 2.83 bits per heavy atom. The van der Waals surface area contributed by atoms with Crippen molar-refractivity contribution in [3.63, 3.8) is 0 Å². The van der Waals surface area contributed by atoms with Crippen molar-refractivity contribution in [2.75, 3.05) is 31.9 Å². The first kappa shape index (κ1) is 16.4. The number of aromatic nitrogens is 3. The van der Waals surface area contributed by atoms with Crippen LogP contribution in [0, 0.1) is 0 Å². The fourth-order valence-corrected chi connectivity index (χ4v) is 2.95. The summed E-state index contributed by atoms with van der Waals surface area (Å²) in [6.45, 7) is 3.56. The molecule has 1 aliphatic rings. The predicted molar refractivity (Wildman–Crippen MR) is 92.0 cm³/mol. The van der Waals surface area contributed by atoms with E-state index in [1.165, 1.54) is 11.8 Å². The van der Waals surface area contributed by atoms with Crippen LogP contribution in [0.3, 0.4) is 0 Å². The lowest BCUT2D eigenvalue weighted by Crippen LogP contribution is -2.28. The molecule has 124 valence electrons. The number of rotatable bonds is 5. The van der Waals surface area contributed by atoms with Crippen LogP contribution in [0.25, 0.3) is 10.9 Å². The molecular formula is C16H22N4O2S. The third kappa shape index (κ3) is 3.73. The van der Waals surface area contributed by atoms with Gasteiger partial charge in [-0.2, -0.15) is 0 Å². The molecule has 1 saturated heterocycles. The molecule has 7 heteroatoms. The first-order chi connectivity index (χ1) is 11.2. The standard InChI is InChI=1S/C16H22N4O2S/c1-10(21-2)13-8-11-9-17-16(23-3)20-14(11)15(19-13)18-12-4-6-22-7-5-12/h8-10,12H,4-7H2,1-3H3,(H,18,19)/t10-/m1/s1. The van der Waals surface area contributed by atoms with Gasteiger partial charge in [0, 0.05) is 37.9 Å². The van der Waals surface area contributed by atoms with Gasteiger partial charge >= 0.3 is 0 Å². The molecule has 2 aromatic heterocycles. The highest BCUT2D eigenvalue weighted by molar-refractivity contribution is 7.98. The lowest BCUT2D eigenvalue weighted by Gasteiger charge is -2.24. The Labute approximate surface area is 140 Å². The second kappa shape index (κ2) is 7.42. The van der Waals surface area contributed by atoms with Crippen LogP contribution >= 0.6 is 11.8 Å². The minimum atomic E-state index is -0.0742. The summed E-state index contributed by atoms with van der Waals surface area (Å²) in [4.78, 5) is 13.8. The molecule has 0 aromatic carbocycles. The monoisotopic (exact) mass is 334 g/mol. The van der Waals surface area contributed by atoms with Gasteiger partial charge in [0.25, 0.3) is 0 Å². The van der Waals surface area contributed by atoms with Crippen LogP contribution in [0.5, 0.6) is 0 Å². The van der Waals surface area contributed by atoms with Crippen LogP contribution in [-0.2, 0) is 9.47 Å². The van der Waals surface area contributed by atoms with Gasteiger partial charge in [-0.25, -0.2) is 15.0 Å². The fourth-order valence-electron chi connectivity index (χ4n) is 2.61. The van der Waals surface area contributed by atoms with Gasteiger partial charge in [0.2, 0.25) is 0 Å². The molecule has 1 fully saturated rings. The third-order valence-corrected chi connectivity index (χ3v) is 4.64. The molecule has 0 amide bonds. The Morgan fingerprint density at radius 1 is 1.35 bits per heavy atom. The first-order valence-electron chi connectivity index (χ1n) is 7.80. The number of hydrogen-bond donors (Lipinski definition) is 1. The highest BCUT2D eigenvalue weighted by Gasteiger charge is 2.18. The molecule has 6 nitrogen and oxygen atoms in total. The Balaban J connectivity index is 2.02. The van der Waals surface area contributed by atoms with Gasteiger partial charge in [-0.05, 0) is 32.1 Å². The van der Waals surface area contributed by atoms with E-state index in [1.54, 1.807) is 7.11 Å². The number of fused-ring (bicyclic) bond motifs is 1. The van der Waals surface area contributed by atoms with Gasteiger partial charge in [0.1, 0.15) is 5.52 Å². The van der Waals surface area contributed by atoms with Crippen LogP contribution in [0.2, 0.25) is 0 Å². The largest absolute Gasteiger partial charge is 0.381 e. The van der Waals surface area contributed by atoms with Crippen molar-refractivity contribution in [2.24, 2.45) is 0 Å².